The summed E-state index contributed by atoms with van der Waals surface area (Å²) in [5, 5.41) is 0. The average Bonchev–Trinajstić information content (AvgIpc) is 2.63. The quantitative estimate of drug-likeness (QED) is 0.719. The summed E-state index contributed by atoms with van der Waals surface area (Å²) in [4.78, 5) is 12.6. The van der Waals surface area contributed by atoms with E-state index in [-0.39, 0.29) is 16.7 Å². The summed E-state index contributed by atoms with van der Waals surface area (Å²) < 4.78 is 0. The first kappa shape index (κ1) is 12.9. The van der Waals surface area contributed by atoms with Gasteiger partial charge < -0.3 is 0 Å². The van der Waals surface area contributed by atoms with Crippen molar-refractivity contribution in [2.75, 3.05) is 0 Å². The van der Waals surface area contributed by atoms with Crippen molar-refractivity contribution in [2.24, 2.45) is 16.7 Å². The Morgan fingerprint density at radius 3 is 2.42 bits per heavy atom. The van der Waals surface area contributed by atoms with Gasteiger partial charge in [0.15, 0.2) is 0 Å². The highest BCUT2D eigenvalue weighted by Gasteiger charge is 2.58. The molecule has 2 fully saturated rings. The number of fused-ring (bicyclic) bond motifs is 1. The van der Waals surface area contributed by atoms with Crippen LogP contribution < -0.4 is 0 Å². The van der Waals surface area contributed by atoms with E-state index in [4.69, 9.17) is 0 Å². The maximum absolute atomic E-state index is 12.6. The zero-order valence-corrected chi connectivity index (χ0v) is 12.3. The Morgan fingerprint density at radius 2 is 1.74 bits per heavy atom. The van der Waals surface area contributed by atoms with Gasteiger partial charge in [0.25, 0.3) is 0 Å². The van der Waals surface area contributed by atoms with Crippen molar-refractivity contribution >= 4 is 5.78 Å². The fourth-order valence-corrected chi connectivity index (χ4v) is 5.02. The van der Waals surface area contributed by atoms with Crippen LogP contribution in [0.1, 0.15) is 57.9 Å². The topological polar surface area (TPSA) is 17.1 Å². The van der Waals surface area contributed by atoms with Crippen LogP contribution in [-0.2, 0) is 4.79 Å². The Labute approximate surface area is 116 Å². The molecule has 0 bridgehead atoms. The number of rotatable bonds is 1. The molecule has 0 radical (unpaired) electrons. The van der Waals surface area contributed by atoms with Crippen molar-refractivity contribution < 1.29 is 4.79 Å². The molecule has 2 saturated carbocycles. The van der Waals surface area contributed by atoms with Gasteiger partial charge in [0.05, 0.1) is 0 Å². The van der Waals surface area contributed by atoms with Gasteiger partial charge in [-0.1, -0.05) is 57.5 Å². The van der Waals surface area contributed by atoms with E-state index in [1.54, 1.807) is 0 Å². The number of hydrogen-bond acceptors (Lipinski definition) is 1. The van der Waals surface area contributed by atoms with Crippen LogP contribution in [0.5, 0.6) is 0 Å². The van der Waals surface area contributed by atoms with Gasteiger partial charge in [0.2, 0.25) is 0 Å². The van der Waals surface area contributed by atoms with E-state index in [0.29, 0.717) is 11.7 Å². The third-order valence-corrected chi connectivity index (χ3v) is 5.70. The average molecular weight is 256 g/mol. The lowest BCUT2D eigenvalue weighted by molar-refractivity contribution is -0.128. The number of hydrogen-bond donors (Lipinski definition) is 0. The molecule has 19 heavy (non-hydrogen) atoms. The number of ketones is 1. The first-order valence-corrected chi connectivity index (χ1v) is 7.53. The largest absolute Gasteiger partial charge is 0.299 e. The molecule has 0 N–H and O–H groups in total. The molecule has 0 amide bonds. The van der Waals surface area contributed by atoms with E-state index in [2.05, 4.69) is 51.1 Å². The minimum Gasteiger partial charge on any atom is -0.299 e. The van der Waals surface area contributed by atoms with Gasteiger partial charge in [0, 0.05) is 12.3 Å². The van der Waals surface area contributed by atoms with E-state index in [1.807, 2.05) is 0 Å². The number of benzene rings is 1. The summed E-state index contributed by atoms with van der Waals surface area (Å²) in [5.74, 6) is 1.17. The van der Waals surface area contributed by atoms with Gasteiger partial charge in [-0.2, -0.15) is 0 Å². The highest BCUT2D eigenvalue weighted by atomic mass is 16.1. The van der Waals surface area contributed by atoms with Crippen molar-refractivity contribution in [3.63, 3.8) is 0 Å². The Hall–Kier alpha value is -1.11. The monoisotopic (exact) mass is 256 g/mol. The molecular formula is C18H24O. The van der Waals surface area contributed by atoms with Crippen LogP contribution in [0, 0.1) is 16.7 Å². The predicted octanol–water partition coefficient (Wildman–Crippen LogP) is 4.58. The summed E-state index contributed by atoms with van der Waals surface area (Å²) in [6.07, 6.45) is 4.40. The molecular weight excluding hydrogens is 232 g/mol. The van der Waals surface area contributed by atoms with E-state index >= 15 is 0 Å². The smallest absolute Gasteiger partial charge is 0.137 e. The maximum atomic E-state index is 12.6. The van der Waals surface area contributed by atoms with E-state index in [0.717, 1.165) is 6.42 Å². The molecule has 1 heteroatoms. The molecule has 1 aromatic carbocycles. The molecule has 1 aromatic rings. The van der Waals surface area contributed by atoms with Crippen LogP contribution in [0.25, 0.3) is 0 Å². The third-order valence-electron chi connectivity index (χ3n) is 5.70. The lowest BCUT2D eigenvalue weighted by Gasteiger charge is -2.48. The second-order valence-electron chi connectivity index (χ2n) is 7.41. The Bertz CT molecular complexity index is 488. The van der Waals surface area contributed by atoms with Crippen LogP contribution in [0.15, 0.2) is 30.3 Å². The number of carbonyl (C=O) groups excluding carboxylic acids is 1. The second-order valence-corrected chi connectivity index (χ2v) is 7.41. The molecule has 0 spiro atoms. The predicted molar refractivity (Wildman–Crippen MR) is 78.0 cm³/mol. The van der Waals surface area contributed by atoms with Crippen molar-refractivity contribution in [1.29, 1.82) is 0 Å². The van der Waals surface area contributed by atoms with Crippen LogP contribution in [-0.4, -0.2) is 5.78 Å². The first-order chi connectivity index (χ1) is 8.95. The zero-order valence-electron chi connectivity index (χ0n) is 12.3. The molecule has 0 heterocycles. The van der Waals surface area contributed by atoms with Crippen LogP contribution in [0.2, 0.25) is 0 Å². The molecule has 0 saturated heterocycles. The molecule has 0 aliphatic heterocycles. The van der Waals surface area contributed by atoms with Gasteiger partial charge >= 0.3 is 0 Å². The van der Waals surface area contributed by atoms with Gasteiger partial charge in [-0.3, -0.25) is 4.79 Å². The highest BCUT2D eigenvalue weighted by molar-refractivity contribution is 5.86. The SMILES string of the molecule is CC1(C)CCC[C@@]2(C)[C@H](c3ccccc3)CC(=O)[C@@H]12. The van der Waals surface area contributed by atoms with Gasteiger partial charge in [0.1, 0.15) is 5.78 Å². The van der Waals surface area contributed by atoms with Crippen molar-refractivity contribution in [3.05, 3.63) is 35.9 Å². The number of Topliss-reactive ketones (excluding diaryl/α,β-unsaturated/α-hetero) is 1. The molecule has 102 valence electrons. The van der Waals surface area contributed by atoms with Crippen LogP contribution in [0.3, 0.4) is 0 Å². The van der Waals surface area contributed by atoms with E-state index in [1.165, 1.54) is 24.8 Å². The van der Waals surface area contributed by atoms with Gasteiger partial charge in [-0.25, -0.2) is 0 Å². The summed E-state index contributed by atoms with van der Waals surface area (Å²) in [6.45, 7) is 6.95. The molecule has 2 aliphatic carbocycles. The maximum Gasteiger partial charge on any atom is 0.137 e. The Balaban J connectivity index is 2.04. The van der Waals surface area contributed by atoms with Crippen molar-refractivity contribution in [1.82, 2.24) is 0 Å². The normalized spacial score (nSPS) is 37.1. The third kappa shape index (κ3) is 1.86. The standard InChI is InChI=1S/C18H24O/c1-17(2)10-7-11-18(3)14(12-15(19)16(17)18)13-8-5-4-6-9-13/h4-6,8-9,14,16H,7,10-12H2,1-3H3/t14-,16-,18-/m0/s1. The molecule has 0 aromatic heterocycles. The van der Waals surface area contributed by atoms with Crippen molar-refractivity contribution in [3.8, 4) is 0 Å². The summed E-state index contributed by atoms with van der Waals surface area (Å²) in [6, 6.07) is 10.7. The highest BCUT2D eigenvalue weighted by Crippen LogP contribution is 2.62. The Morgan fingerprint density at radius 1 is 1.05 bits per heavy atom. The van der Waals surface area contributed by atoms with Crippen LogP contribution in [0.4, 0.5) is 0 Å². The lowest BCUT2D eigenvalue weighted by atomic mass is 9.55. The lowest BCUT2D eigenvalue weighted by Crippen LogP contribution is -2.43. The van der Waals surface area contributed by atoms with Gasteiger partial charge in [-0.05, 0) is 35.2 Å². The fourth-order valence-electron chi connectivity index (χ4n) is 5.02. The summed E-state index contributed by atoms with van der Waals surface area (Å²) in [5.41, 5.74) is 1.70. The molecule has 0 unspecified atom stereocenters. The first-order valence-electron chi connectivity index (χ1n) is 7.53. The molecule has 3 rings (SSSR count). The molecule has 2 aliphatic rings. The fraction of sp³-hybridized carbons (Fsp3) is 0.611. The van der Waals surface area contributed by atoms with E-state index < -0.39 is 0 Å². The van der Waals surface area contributed by atoms with E-state index in [9.17, 15) is 4.79 Å². The molecule has 1 nitrogen and oxygen atoms in total. The minimum atomic E-state index is 0.167. The zero-order chi connectivity index (χ0) is 13.7. The number of carbonyl (C=O) groups is 1. The van der Waals surface area contributed by atoms with Crippen molar-refractivity contribution in [2.45, 2.75) is 52.4 Å². The van der Waals surface area contributed by atoms with Gasteiger partial charge in [-0.15, -0.1) is 0 Å². The summed E-state index contributed by atoms with van der Waals surface area (Å²) in [7, 11) is 0. The Kier molecular flexibility index (Phi) is 2.85. The minimum absolute atomic E-state index is 0.167. The van der Waals surface area contributed by atoms with Crippen LogP contribution >= 0.6 is 0 Å². The second kappa shape index (κ2) is 4.19. The summed E-state index contributed by atoms with van der Waals surface area (Å²) >= 11 is 0. The molecule has 3 atom stereocenters.